The first kappa shape index (κ1) is 13.3. The van der Waals surface area contributed by atoms with Gasteiger partial charge in [0.05, 0.1) is 0 Å². The van der Waals surface area contributed by atoms with Crippen molar-refractivity contribution in [2.24, 2.45) is 5.41 Å². The number of para-hydroxylation sites is 1. The average molecular weight is 233 g/mol. The molecule has 0 amide bonds. The van der Waals surface area contributed by atoms with E-state index in [0.717, 1.165) is 12.1 Å². The van der Waals surface area contributed by atoms with Crippen LogP contribution in [0.3, 0.4) is 0 Å². The first-order valence-corrected chi connectivity index (χ1v) is 6.55. The maximum Gasteiger partial charge on any atom is 0.197 e. The van der Waals surface area contributed by atoms with Gasteiger partial charge in [-0.25, -0.2) is 0 Å². The van der Waals surface area contributed by atoms with Crippen molar-refractivity contribution in [3.05, 3.63) is 42.5 Å². The van der Waals surface area contributed by atoms with Crippen molar-refractivity contribution in [2.75, 3.05) is 0 Å². The van der Waals surface area contributed by atoms with E-state index in [1.54, 1.807) is 0 Å². The minimum absolute atomic E-state index is 0.238. The molecule has 0 aliphatic carbocycles. The summed E-state index contributed by atoms with van der Waals surface area (Å²) < 4.78 is 5.63. The Balaban J connectivity index is 2.22. The summed E-state index contributed by atoms with van der Waals surface area (Å²) in [5.74, 6) is 0.945. The normalized spacial score (nSPS) is 12.4. The van der Waals surface area contributed by atoms with Crippen molar-refractivity contribution in [1.82, 2.24) is 0 Å². The summed E-state index contributed by atoms with van der Waals surface area (Å²) in [5, 5.41) is 0. The molecule has 1 rings (SSSR count). The van der Waals surface area contributed by atoms with Crippen molar-refractivity contribution in [3.8, 4) is 5.75 Å². The van der Waals surface area contributed by atoms with Crippen LogP contribution < -0.4 is 4.52 Å². The van der Waals surface area contributed by atoms with E-state index >= 15 is 0 Å². The van der Waals surface area contributed by atoms with Crippen molar-refractivity contribution in [3.63, 3.8) is 0 Å². The highest BCUT2D eigenvalue weighted by atomic mass is 31.1. The molecule has 0 N–H and O–H groups in total. The zero-order chi connectivity index (χ0) is 11.9. The molecule has 16 heavy (non-hydrogen) atoms. The number of hydrogen-bond donors (Lipinski definition) is 0. The molecule has 0 bridgehead atoms. The Hall–Kier alpha value is -0.745. The van der Waals surface area contributed by atoms with E-state index in [0.29, 0.717) is 8.69 Å². The molecule has 1 nitrogen and oxygen atoms in total. The van der Waals surface area contributed by atoms with Gasteiger partial charge >= 0.3 is 0 Å². The Kier molecular flexibility index (Phi) is 5.62. The van der Waals surface area contributed by atoms with Gasteiger partial charge in [-0.3, -0.25) is 0 Å². The highest BCUT2D eigenvalue weighted by Gasteiger charge is 2.13. The van der Waals surface area contributed by atoms with E-state index in [1.807, 2.05) is 30.3 Å². The predicted octanol–water partition coefficient (Wildman–Crippen LogP) is 4.30. The second kappa shape index (κ2) is 6.76. The Labute approximate surface area is 101 Å². The van der Waals surface area contributed by atoms with Gasteiger partial charge in [0.2, 0.25) is 0 Å². The molecule has 0 saturated heterocycles. The first-order valence-electron chi connectivity index (χ1n) is 5.57. The van der Waals surface area contributed by atoms with E-state index in [1.165, 1.54) is 0 Å². The fourth-order valence-corrected chi connectivity index (χ4v) is 2.39. The highest BCUT2D eigenvalue weighted by molar-refractivity contribution is 7.67. The molecular formula is C13H19BOP. The quantitative estimate of drug-likeness (QED) is 0.308. The average Bonchev–Trinajstić information content (AvgIpc) is 2.26. The van der Waals surface area contributed by atoms with Crippen LogP contribution in [0.25, 0.3) is 0 Å². The lowest BCUT2D eigenvalue weighted by atomic mass is 9.78. The number of hydrogen-bond acceptors (Lipinski definition) is 1. The van der Waals surface area contributed by atoms with Gasteiger partial charge in [0, 0.05) is 8.69 Å². The fourth-order valence-electron chi connectivity index (χ4n) is 1.42. The number of rotatable bonds is 6. The lowest BCUT2D eigenvalue weighted by Gasteiger charge is -2.19. The summed E-state index contributed by atoms with van der Waals surface area (Å²) in [6, 6.07) is 9.94. The molecule has 85 valence electrons. The monoisotopic (exact) mass is 233 g/mol. The van der Waals surface area contributed by atoms with Gasteiger partial charge in [-0.2, -0.15) is 0 Å². The van der Waals surface area contributed by atoms with Gasteiger partial charge in [0.1, 0.15) is 5.75 Å². The SMILES string of the molecule is C/C=C\C(C)(C)C[B]POc1ccccc1. The Morgan fingerprint density at radius 2 is 2.00 bits per heavy atom. The van der Waals surface area contributed by atoms with Gasteiger partial charge in [-0.05, 0) is 24.5 Å². The van der Waals surface area contributed by atoms with E-state index in [-0.39, 0.29) is 5.41 Å². The van der Waals surface area contributed by atoms with Crippen molar-refractivity contribution in [1.29, 1.82) is 0 Å². The molecule has 0 aromatic heterocycles. The van der Waals surface area contributed by atoms with Crippen LogP contribution in [-0.4, -0.2) is 7.00 Å². The molecule has 0 spiro atoms. The highest BCUT2D eigenvalue weighted by Crippen LogP contribution is 2.27. The van der Waals surface area contributed by atoms with Crippen LogP contribution in [0.15, 0.2) is 42.5 Å². The zero-order valence-electron chi connectivity index (χ0n) is 10.2. The maximum absolute atomic E-state index is 5.63. The molecule has 0 fully saturated rings. The van der Waals surface area contributed by atoms with E-state index in [4.69, 9.17) is 4.52 Å². The van der Waals surface area contributed by atoms with Crippen molar-refractivity contribution >= 4 is 15.7 Å². The largest absolute Gasteiger partial charge is 0.488 e. The topological polar surface area (TPSA) is 9.23 Å². The second-order valence-corrected chi connectivity index (χ2v) is 5.28. The number of benzene rings is 1. The van der Waals surface area contributed by atoms with Gasteiger partial charge < -0.3 is 4.52 Å². The third kappa shape index (κ3) is 5.37. The predicted molar refractivity (Wildman–Crippen MR) is 74.5 cm³/mol. The maximum atomic E-state index is 5.63. The molecule has 0 aliphatic heterocycles. The van der Waals surface area contributed by atoms with Gasteiger partial charge in [-0.1, -0.05) is 50.5 Å². The fraction of sp³-hybridized carbons (Fsp3) is 0.385. The van der Waals surface area contributed by atoms with E-state index in [9.17, 15) is 0 Å². The molecule has 3 heteroatoms. The minimum Gasteiger partial charge on any atom is -0.488 e. The molecule has 1 atom stereocenters. The third-order valence-corrected chi connectivity index (χ3v) is 2.97. The summed E-state index contributed by atoms with van der Waals surface area (Å²) in [6.07, 6.45) is 5.38. The van der Waals surface area contributed by atoms with Crippen LogP contribution in [0.2, 0.25) is 6.32 Å². The van der Waals surface area contributed by atoms with Crippen LogP contribution in [0.4, 0.5) is 0 Å². The van der Waals surface area contributed by atoms with Crippen LogP contribution in [-0.2, 0) is 0 Å². The van der Waals surface area contributed by atoms with Gasteiger partial charge in [0.25, 0.3) is 0 Å². The lowest BCUT2D eigenvalue weighted by molar-refractivity contribution is 0.541. The molecular weight excluding hydrogens is 214 g/mol. The second-order valence-electron chi connectivity index (χ2n) is 4.43. The zero-order valence-corrected chi connectivity index (χ0v) is 11.2. The summed E-state index contributed by atoms with van der Waals surface area (Å²) in [4.78, 5) is 0. The molecule has 1 aromatic carbocycles. The van der Waals surface area contributed by atoms with Crippen LogP contribution in [0.5, 0.6) is 5.75 Å². The number of allylic oxidation sites excluding steroid dienone is 2. The van der Waals surface area contributed by atoms with Crippen LogP contribution in [0, 0.1) is 5.41 Å². The minimum atomic E-state index is 0.238. The Morgan fingerprint density at radius 3 is 2.62 bits per heavy atom. The van der Waals surface area contributed by atoms with Gasteiger partial charge in [0.15, 0.2) is 7.00 Å². The Morgan fingerprint density at radius 1 is 1.31 bits per heavy atom. The van der Waals surface area contributed by atoms with Gasteiger partial charge in [-0.15, -0.1) is 0 Å². The standard InChI is InChI=1S/C13H19BOP/c1-4-10-13(2,3)11-14-16-15-12-8-6-5-7-9-12/h4-10,16H,11H2,1-3H3/b10-4-. The summed E-state index contributed by atoms with van der Waals surface area (Å²) in [5.41, 5.74) is 0.238. The van der Waals surface area contributed by atoms with Crippen molar-refractivity contribution in [2.45, 2.75) is 27.1 Å². The molecule has 1 radical (unpaired) electrons. The van der Waals surface area contributed by atoms with Crippen LogP contribution >= 0.6 is 8.69 Å². The summed E-state index contributed by atoms with van der Waals surface area (Å²) in [6.45, 7) is 8.74. The van der Waals surface area contributed by atoms with E-state index < -0.39 is 0 Å². The van der Waals surface area contributed by atoms with Crippen LogP contribution in [0.1, 0.15) is 20.8 Å². The molecule has 1 unspecified atom stereocenters. The Bertz CT molecular complexity index is 322. The summed E-state index contributed by atoms with van der Waals surface area (Å²) in [7, 11) is 0.429. The third-order valence-electron chi connectivity index (χ3n) is 2.25. The molecule has 0 heterocycles. The summed E-state index contributed by atoms with van der Waals surface area (Å²) >= 11 is 0. The lowest BCUT2D eigenvalue weighted by Crippen LogP contribution is -2.08. The first-order chi connectivity index (χ1) is 7.64. The molecule has 0 saturated carbocycles. The molecule has 0 aliphatic rings. The smallest absolute Gasteiger partial charge is 0.197 e. The van der Waals surface area contributed by atoms with E-state index in [2.05, 4.69) is 39.9 Å². The van der Waals surface area contributed by atoms with Crippen molar-refractivity contribution < 1.29 is 4.52 Å². The molecule has 1 aromatic rings.